The normalized spacial score (nSPS) is 14.4. The van der Waals surface area contributed by atoms with Gasteiger partial charge >= 0.3 is 5.97 Å². The van der Waals surface area contributed by atoms with Crippen LogP contribution in [0.4, 0.5) is 14.5 Å². The van der Waals surface area contributed by atoms with Gasteiger partial charge in [-0.05, 0) is 71.6 Å². The third-order valence-electron chi connectivity index (χ3n) is 6.98. The first-order chi connectivity index (χ1) is 20.1. The zero-order chi connectivity index (χ0) is 30.0. The van der Waals surface area contributed by atoms with E-state index in [0.717, 1.165) is 27.6 Å². The van der Waals surface area contributed by atoms with Gasteiger partial charge in [0.05, 0.1) is 22.7 Å². The summed E-state index contributed by atoms with van der Waals surface area (Å²) in [5.74, 6) is -3.16. The number of benzene rings is 4. The van der Waals surface area contributed by atoms with Crippen molar-refractivity contribution in [1.82, 2.24) is 5.32 Å². The number of amides is 1. The number of nitrogens with zero attached hydrogens (tertiary/aromatic N) is 1. The fourth-order valence-electron chi connectivity index (χ4n) is 4.94. The summed E-state index contributed by atoms with van der Waals surface area (Å²) in [6, 6.07) is 19.8. The van der Waals surface area contributed by atoms with Crippen LogP contribution < -0.4 is 14.4 Å². The Morgan fingerprint density at radius 3 is 2.43 bits per heavy atom. The highest BCUT2D eigenvalue weighted by atomic mass is 32.2. The van der Waals surface area contributed by atoms with E-state index >= 15 is 0 Å². The molecule has 0 aliphatic carbocycles. The first-order valence-electron chi connectivity index (χ1n) is 13.0. The lowest BCUT2D eigenvalue weighted by Crippen LogP contribution is -2.48. The van der Waals surface area contributed by atoms with Gasteiger partial charge in [-0.3, -0.25) is 9.10 Å². The molecule has 4 aromatic carbocycles. The minimum Gasteiger partial charge on any atom is -0.492 e. The second kappa shape index (κ2) is 11.6. The van der Waals surface area contributed by atoms with Crippen molar-refractivity contribution in [2.75, 3.05) is 17.5 Å². The Morgan fingerprint density at radius 2 is 1.74 bits per heavy atom. The molecular formula is C31H26F2N2O6S. The monoisotopic (exact) mass is 592 g/mol. The van der Waals surface area contributed by atoms with E-state index in [-0.39, 0.29) is 36.0 Å². The van der Waals surface area contributed by atoms with Gasteiger partial charge in [-0.15, -0.1) is 0 Å². The number of aryl methyl sites for hydroxylation is 1. The molecule has 0 aromatic heterocycles. The zero-order valence-corrected chi connectivity index (χ0v) is 23.2. The summed E-state index contributed by atoms with van der Waals surface area (Å²) >= 11 is 0. The minimum absolute atomic E-state index is 0.00399. The maximum atomic E-state index is 13.9. The number of rotatable bonds is 9. The summed E-state index contributed by atoms with van der Waals surface area (Å²) in [5, 5.41) is 11.6. The fourth-order valence-corrected chi connectivity index (χ4v) is 6.59. The molecule has 8 nitrogen and oxygen atoms in total. The molecule has 5 rings (SSSR count). The van der Waals surface area contributed by atoms with Gasteiger partial charge in [-0.2, -0.15) is 0 Å². The molecule has 1 aliphatic heterocycles. The first-order valence-corrected chi connectivity index (χ1v) is 14.4. The van der Waals surface area contributed by atoms with Crippen molar-refractivity contribution >= 4 is 27.6 Å². The number of sulfonamides is 1. The average Bonchev–Trinajstić information content (AvgIpc) is 3.36. The van der Waals surface area contributed by atoms with Crippen molar-refractivity contribution < 1.29 is 36.6 Å². The van der Waals surface area contributed by atoms with Gasteiger partial charge in [0.1, 0.15) is 30.0 Å². The van der Waals surface area contributed by atoms with Crippen molar-refractivity contribution in [2.24, 2.45) is 0 Å². The van der Waals surface area contributed by atoms with Gasteiger partial charge in [0.2, 0.25) is 5.91 Å². The summed E-state index contributed by atoms with van der Waals surface area (Å²) in [6.07, 6.45) is 0.164. The van der Waals surface area contributed by atoms with Crippen molar-refractivity contribution in [3.05, 3.63) is 113 Å². The largest absolute Gasteiger partial charge is 0.492 e. The van der Waals surface area contributed by atoms with Gasteiger partial charge in [0.25, 0.3) is 10.0 Å². The number of fused-ring (bicyclic) bond motifs is 1. The van der Waals surface area contributed by atoms with Crippen molar-refractivity contribution in [2.45, 2.75) is 24.3 Å². The van der Waals surface area contributed by atoms with Crippen LogP contribution in [0, 0.1) is 18.6 Å². The molecule has 0 bridgehead atoms. The number of carboxylic acids is 1. The van der Waals surface area contributed by atoms with Crippen molar-refractivity contribution in [1.29, 1.82) is 0 Å². The van der Waals surface area contributed by atoms with Crippen LogP contribution in [0.25, 0.3) is 11.1 Å². The maximum Gasteiger partial charge on any atom is 0.338 e. The molecule has 0 spiro atoms. The predicted molar refractivity (Wildman–Crippen MR) is 152 cm³/mol. The van der Waals surface area contributed by atoms with Crippen molar-refractivity contribution in [3.63, 3.8) is 0 Å². The maximum absolute atomic E-state index is 13.9. The Kier molecular flexibility index (Phi) is 7.95. The molecule has 42 heavy (non-hydrogen) atoms. The Labute approximate surface area is 241 Å². The van der Waals surface area contributed by atoms with Gasteiger partial charge in [0, 0.05) is 12.5 Å². The summed E-state index contributed by atoms with van der Waals surface area (Å²) in [5.41, 5.74) is 2.82. The minimum atomic E-state index is -4.16. The third kappa shape index (κ3) is 5.68. The lowest BCUT2D eigenvalue weighted by molar-refractivity contribution is -0.122. The van der Waals surface area contributed by atoms with Crippen LogP contribution in [-0.2, 0) is 21.2 Å². The Balaban J connectivity index is 1.32. The number of anilines is 1. The number of para-hydroxylation sites is 1. The van der Waals surface area contributed by atoms with Gasteiger partial charge in [0.15, 0.2) is 0 Å². The number of halogens is 2. The van der Waals surface area contributed by atoms with Crippen molar-refractivity contribution in [3.8, 4) is 16.9 Å². The van der Waals surface area contributed by atoms with Gasteiger partial charge < -0.3 is 15.2 Å². The Hall–Kier alpha value is -4.77. The van der Waals surface area contributed by atoms with E-state index in [9.17, 15) is 26.8 Å². The van der Waals surface area contributed by atoms with E-state index in [1.54, 1.807) is 49.4 Å². The topological polar surface area (TPSA) is 113 Å². The molecule has 0 fully saturated rings. The van der Waals surface area contributed by atoms with Crippen LogP contribution in [-0.4, -0.2) is 44.6 Å². The summed E-state index contributed by atoms with van der Waals surface area (Å²) < 4.78 is 61.8. The molecule has 11 heteroatoms. The number of aromatic carboxylic acids is 1. The molecule has 1 aliphatic rings. The molecule has 1 amide bonds. The molecule has 1 heterocycles. The predicted octanol–water partition coefficient (Wildman–Crippen LogP) is 4.95. The summed E-state index contributed by atoms with van der Waals surface area (Å²) in [6.45, 7) is 1.70. The van der Waals surface area contributed by atoms with E-state index in [1.807, 2.05) is 0 Å². The highest BCUT2D eigenvalue weighted by molar-refractivity contribution is 7.93. The SMILES string of the molecule is Cc1cc(F)ccc1-c1ccc(S(=O)(=O)N2c3ccccc3C[C@H]2C(=O)NCCOc2ccc(C(=O)O)c(F)c2)cc1. The van der Waals surface area contributed by atoms with Gasteiger partial charge in [-0.25, -0.2) is 22.0 Å². The quantitative estimate of drug-likeness (QED) is 0.266. The highest BCUT2D eigenvalue weighted by Crippen LogP contribution is 2.37. The Bertz CT molecular complexity index is 1780. The smallest absolute Gasteiger partial charge is 0.338 e. The van der Waals surface area contributed by atoms with E-state index in [1.165, 1.54) is 30.3 Å². The molecule has 0 saturated heterocycles. The molecule has 216 valence electrons. The number of hydrogen-bond acceptors (Lipinski definition) is 5. The lowest BCUT2D eigenvalue weighted by Gasteiger charge is -2.26. The third-order valence-corrected chi connectivity index (χ3v) is 8.82. The number of ether oxygens (including phenoxy) is 1. The van der Waals surface area contributed by atoms with Gasteiger partial charge in [-0.1, -0.05) is 36.4 Å². The Morgan fingerprint density at radius 1 is 1.00 bits per heavy atom. The standard InChI is InChI=1S/C31H26F2N2O6S/c1-19-16-22(32)8-12-25(19)20-6-10-24(11-7-20)42(39,40)35-28-5-3-2-4-21(28)17-29(35)30(36)34-14-15-41-23-9-13-26(31(37)38)27(33)18-23/h2-13,16,18,29H,14-15,17H2,1H3,(H,34,36)(H,37,38)/t29-/m0/s1. The van der Waals surface area contributed by atoms with Crippen LogP contribution >= 0.6 is 0 Å². The van der Waals surface area contributed by atoms with E-state index in [4.69, 9.17) is 9.84 Å². The lowest BCUT2D eigenvalue weighted by atomic mass is 10.0. The number of nitrogens with one attached hydrogen (secondary N) is 1. The average molecular weight is 593 g/mol. The zero-order valence-electron chi connectivity index (χ0n) is 22.4. The number of carbonyl (C=O) groups excluding carboxylic acids is 1. The van der Waals surface area contributed by atoms with Crippen LogP contribution in [0.3, 0.4) is 0 Å². The van der Waals surface area contributed by atoms with E-state index in [2.05, 4.69) is 5.32 Å². The molecule has 4 aromatic rings. The molecule has 0 unspecified atom stereocenters. The number of carboxylic acid groups (broad SMARTS) is 1. The number of hydrogen-bond donors (Lipinski definition) is 2. The second-order valence-corrected chi connectivity index (χ2v) is 11.5. The van der Waals surface area contributed by atoms with E-state index in [0.29, 0.717) is 16.8 Å². The van der Waals surface area contributed by atoms with Crippen LogP contribution in [0.15, 0.2) is 89.8 Å². The molecule has 2 N–H and O–H groups in total. The van der Waals surface area contributed by atoms with E-state index < -0.39 is 39.3 Å². The van der Waals surface area contributed by atoms with Crippen LogP contribution in [0.1, 0.15) is 21.5 Å². The number of carbonyl (C=O) groups is 2. The molecular weight excluding hydrogens is 566 g/mol. The molecule has 1 atom stereocenters. The fraction of sp³-hybridized carbons (Fsp3) is 0.161. The highest BCUT2D eigenvalue weighted by Gasteiger charge is 2.42. The summed E-state index contributed by atoms with van der Waals surface area (Å²) in [4.78, 5) is 24.2. The van der Waals surface area contributed by atoms with Crippen LogP contribution in [0.2, 0.25) is 0 Å². The molecule has 0 radical (unpaired) electrons. The summed E-state index contributed by atoms with van der Waals surface area (Å²) in [7, 11) is -4.16. The van der Waals surface area contributed by atoms with Crippen LogP contribution in [0.5, 0.6) is 5.75 Å². The first kappa shape index (κ1) is 28.7. The molecule has 0 saturated carbocycles. The second-order valence-electron chi connectivity index (χ2n) is 9.72.